The van der Waals surface area contributed by atoms with Gasteiger partial charge in [-0.2, -0.15) is 0 Å². The summed E-state index contributed by atoms with van der Waals surface area (Å²) in [5.41, 5.74) is 0.910. The lowest BCUT2D eigenvalue weighted by Gasteiger charge is -2.02. The van der Waals surface area contributed by atoms with Gasteiger partial charge in [-0.05, 0) is 25.1 Å². The topological polar surface area (TPSA) is 42.2 Å². The lowest BCUT2D eigenvalue weighted by molar-refractivity contribution is 0.600. The molecule has 0 unspecified atom stereocenters. The van der Waals surface area contributed by atoms with Crippen molar-refractivity contribution in [2.24, 2.45) is 0 Å². The van der Waals surface area contributed by atoms with E-state index in [1.807, 2.05) is 28.8 Å². The monoisotopic (exact) mass is 218 g/mol. The standard InChI is InChI=1S/C12H18N4/c1-2-3-5-8-13-10-12-15-14-11-7-4-6-9-16(11)12/h4,6-7,9,13H,2-3,5,8,10H2,1H3. The Morgan fingerprint density at radius 2 is 2.19 bits per heavy atom. The van der Waals surface area contributed by atoms with Gasteiger partial charge in [-0.25, -0.2) is 0 Å². The zero-order valence-corrected chi connectivity index (χ0v) is 9.69. The van der Waals surface area contributed by atoms with Crippen LogP contribution in [-0.4, -0.2) is 21.1 Å². The number of hydrogen-bond acceptors (Lipinski definition) is 3. The third-order valence-electron chi connectivity index (χ3n) is 2.62. The van der Waals surface area contributed by atoms with Crippen molar-refractivity contribution >= 4 is 5.65 Å². The van der Waals surface area contributed by atoms with Crippen LogP contribution in [0.5, 0.6) is 0 Å². The first-order valence-corrected chi connectivity index (χ1v) is 5.91. The van der Waals surface area contributed by atoms with Gasteiger partial charge in [0.2, 0.25) is 0 Å². The van der Waals surface area contributed by atoms with Gasteiger partial charge >= 0.3 is 0 Å². The molecule has 2 aromatic heterocycles. The minimum Gasteiger partial charge on any atom is -0.310 e. The molecule has 0 saturated carbocycles. The van der Waals surface area contributed by atoms with Gasteiger partial charge in [-0.1, -0.05) is 25.8 Å². The second-order valence-corrected chi connectivity index (χ2v) is 3.93. The lowest BCUT2D eigenvalue weighted by atomic mass is 10.2. The van der Waals surface area contributed by atoms with Crippen molar-refractivity contribution in [1.82, 2.24) is 19.9 Å². The van der Waals surface area contributed by atoms with Crippen LogP contribution in [0.25, 0.3) is 5.65 Å². The second-order valence-electron chi connectivity index (χ2n) is 3.93. The van der Waals surface area contributed by atoms with Crippen LogP contribution in [0.15, 0.2) is 24.4 Å². The number of unbranched alkanes of at least 4 members (excludes halogenated alkanes) is 2. The van der Waals surface area contributed by atoms with Crippen molar-refractivity contribution in [2.75, 3.05) is 6.54 Å². The van der Waals surface area contributed by atoms with Crippen LogP contribution in [-0.2, 0) is 6.54 Å². The van der Waals surface area contributed by atoms with Gasteiger partial charge in [0.05, 0.1) is 6.54 Å². The summed E-state index contributed by atoms with van der Waals surface area (Å²) in [6.45, 7) is 4.05. The van der Waals surface area contributed by atoms with Crippen LogP contribution in [0, 0.1) is 0 Å². The minimum absolute atomic E-state index is 0.787. The maximum Gasteiger partial charge on any atom is 0.160 e. The third kappa shape index (κ3) is 2.58. The van der Waals surface area contributed by atoms with Crippen LogP contribution in [0.2, 0.25) is 0 Å². The van der Waals surface area contributed by atoms with E-state index in [1.54, 1.807) is 0 Å². The van der Waals surface area contributed by atoms with Crippen molar-refractivity contribution < 1.29 is 0 Å². The molecule has 86 valence electrons. The molecule has 0 amide bonds. The quantitative estimate of drug-likeness (QED) is 0.754. The molecule has 2 aromatic rings. The molecule has 1 N–H and O–H groups in total. The summed E-state index contributed by atoms with van der Waals surface area (Å²) in [5, 5.41) is 11.7. The molecule has 0 radical (unpaired) electrons. The summed E-state index contributed by atoms with van der Waals surface area (Å²) in [4.78, 5) is 0. The number of aromatic nitrogens is 3. The van der Waals surface area contributed by atoms with Crippen LogP contribution in [0.1, 0.15) is 32.0 Å². The van der Waals surface area contributed by atoms with Crippen molar-refractivity contribution in [2.45, 2.75) is 32.7 Å². The molecule has 0 bridgehead atoms. The highest BCUT2D eigenvalue weighted by molar-refractivity contribution is 5.36. The Kier molecular flexibility index (Phi) is 3.88. The lowest BCUT2D eigenvalue weighted by Crippen LogP contribution is -2.16. The molecule has 4 heteroatoms. The molecule has 0 aliphatic heterocycles. The Morgan fingerprint density at radius 3 is 3.06 bits per heavy atom. The molecular formula is C12H18N4. The predicted molar refractivity (Wildman–Crippen MR) is 64.2 cm³/mol. The summed E-state index contributed by atoms with van der Waals surface area (Å²) >= 11 is 0. The average molecular weight is 218 g/mol. The van der Waals surface area contributed by atoms with Gasteiger partial charge < -0.3 is 5.32 Å². The van der Waals surface area contributed by atoms with Gasteiger partial charge in [0, 0.05) is 6.20 Å². The number of fused-ring (bicyclic) bond motifs is 1. The largest absolute Gasteiger partial charge is 0.310 e. The fourth-order valence-corrected chi connectivity index (χ4v) is 1.71. The molecule has 0 aromatic carbocycles. The summed E-state index contributed by atoms with van der Waals surface area (Å²) in [5.74, 6) is 0.979. The van der Waals surface area contributed by atoms with Crippen LogP contribution >= 0.6 is 0 Å². The van der Waals surface area contributed by atoms with Crippen molar-refractivity contribution in [3.8, 4) is 0 Å². The molecule has 2 heterocycles. The fourth-order valence-electron chi connectivity index (χ4n) is 1.71. The molecule has 16 heavy (non-hydrogen) atoms. The summed E-state index contributed by atoms with van der Waals surface area (Å²) in [7, 11) is 0. The van der Waals surface area contributed by atoms with Crippen molar-refractivity contribution in [3.05, 3.63) is 30.2 Å². The maximum atomic E-state index is 4.16. The Morgan fingerprint density at radius 1 is 1.25 bits per heavy atom. The first-order valence-electron chi connectivity index (χ1n) is 5.91. The van der Waals surface area contributed by atoms with Crippen molar-refractivity contribution in [1.29, 1.82) is 0 Å². The predicted octanol–water partition coefficient (Wildman–Crippen LogP) is 2.01. The van der Waals surface area contributed by atoms with Crippen LogP contribution in [0.3, 0.4) is 0 Å². The van der Waals surface area contributed by atoms with E-state index in [0.717, 1.165) is 24.6 Å². The molecule has 0 aliphatic rings. The first-order chi connectivity index (χ1) is 7.92. The van der Waals surface area contributed by atoms with E-state index in [4.69, 9.17) is 0 Å². The number of pyridine rings is 1. The maximum absolute atomic E-state index is 4.16. The summed E-state index contributed by atoms with van der Waals surface area (Å²) in [6.07, 6.45) is 5.77. The SMILES string of the molecule is CCCCCNCc1nnc2ccccn12. The Labute approximate surface area is 95.7 Å². The molecule has 0 spiro atoms. The summed E-state index contributed by atoms with van der Waals surface area (Å²) in [6, 6.07) is 5.94. The minimum atomic E-state index is 0.787. The molecule has 0 atom stereocenters. The first kappa shape index (κ1) is 11.1. The molecule has 0 saturated heterocycles. The van der Waals surface area contributed by atoms with E-state index in [-0.39, 0.29) is 0 Å². The number of hydrogen-bond donors (Lipinski definition) is 1. The Hall–Kier alpha value is -1.42. The van der Waals surface area contributed by atoms with Crippen molar-refractivity contribution in [3.63, 3.8) is 0 Å². The Balaban J connectivity index is 1.89. The van der Waals surface area contributed by atoms with E-state index >= 15 is 0 Å². The van der Waals surface area contributed by atoms with Gasteiger partial charge in [0.1, 0.15) is 0 Å². The zero-order valence-electron chi connectivity index (χ0n) is 9.69. The van der Waals surface area contributed by atoms with Gasteiger partial charge in [-0.3, -0.25) is 4.40 Å². The van der Waals surface area contributed by atoms with Gasteiger partial charge in [-0.15, -0.1) is 10.2 Å². The van der Waals surface area contributed by atoms with Crippen LogP contribution < -0.4 is 5.32 Å². The van der Waals surface area contributed by atoms with E-state index in [1.165, 1.54) is 19.3 Å². The van der Waals surface area contributed by atoms with Gasteiger partial charge in [0.25, 0.3) is 0 Å². The highest BCUT2D eigenvalue weighted by Crippen LogP contribution is 2.02. The highest BCUT2D eigenvalue weighted by Gasteiger charge is 2.02. The van der Waals surface area contributed by atoms with E-state index in [9.17, 15) is 0 Å². The number of nitrogens with one attached hydrogen (secondary N) is 1. The molecule has 0 fully saturated rings. The number of nitrogens with zero attached hydrogens (tertiary/aromatic N) is 3. The average Bonchev–Trinajstić information content (AvgIpc) is 2.73. The third-order valence-corrected chi connectivity index (χ3v) is 2.62. The highest BCUT2D eigenvalue weighted by atomic mass is 15.3. The summed E-state index contributed by atoms with van der Waals surface area (Å²) < 4.78 is 2.02. The zero-order chi connectivity index (χ0) is 11.2. The normalized spacial score (nSPS) is 11.1. The second kappa shape index (κ2) is 5.61. The van der Waals surface area contributed by atoms with E-state index in [0.29, 0.717) is 0 Å². The Bertz CT molecular complexity index is 435. The number of rotatable bonds is 6. The van der Waals surface area contributed by atoms with E-state index in [2.05, 4.69) is 22.4 Å². The smallest absolute Gasteiger partial charge is 0.160 e. The molecule has 0 aliphatic carbocycles. The fraction of sp³-hybridized carbons (Fsp3) is 0.500. The van der Waals surface area contributed by atoms with Crippen LogP contribution in [0.4, 0.5) is 0 Å². The molecule has 2 rings (SSSR count). The molecule has 4 nitrogen and oxygen atoms in total. The molecular weight excluding hydrogens is 200 g/mol. The van der Waals surface area contributed by atoms with E-state index < -0.39 is 0 Å². The van der Waals surface area contributed by atoms with Gasteiger partial charge in [0.15, 0.2) is 11.5 Å².